The molecule has 8 heteroatoms. The number of nitrogens with zero attached hydrogens (tertiary/aromatic N) is 3. The Bertz CT molecular complexity index is 1090. The first-order chi connectivity index (χ1) is 13.7. The zero-order valence-electron chi connectivity index (χ0n) is 15.2. The zero-order chi connectivity index (χ0) is 19.5. The number of pyridine rings is 1. The van der Waals surface area contributed by atoms with Gasteiger partial charge >= 0.3 is 0 Å². The van der Waals surface area contributed by atoms with E-state index in [1.54, 1.807) is 19.5 Å². The van der Waals surface area contributed by atoms with E-state index in [9.17, 15) is 4.55 Å². The first-order valence-electron chi connectivity index (χ1n) is 8.60. The number of nitrogens with two attached hydrogens (primary N) is 1. The summed E-state index contributed by atoms with van der Waals surface area (Å²) in [5, 5.41) is 0.831. The van der Waals surface area contributed by atoms with Crippen LogP contribution in [0.4, 0.5) is 5.69 Å². The summed E-state index contributed by atoms with van der Waals surface area (Å²) in [7, 11) is 1.59. The van der Waals surface area contributed by atoms with Gasteiger partial charge in [-0.2, -0.15) is 0 Å². The molecule has 4 aromatic rings. The van der Waals surface area contributed by atoms with E-state index in [1.807, 2.05) is 36.4 Å². The number of fused-ring (bicyclic) bond motifs is 1. The van der Waals surface area contributed by atoms with Crippen LogP contribution >= 0.6 is 11.3 Å². The summed E-state index contributed by atoms with van der Waals surface area (Å²) in [6.07, 6.45) is 4.94. The lowest BCUT2D eigenvalue weighted by Gasteiger charge is -2.09. The van der Waals surface area contributed by atoms with Crippen molar-refractivity contribution in [3.8, 4) is 22.4 Å². The molecular weight excluding hydrogens is 392 g/mol. The van der Waals surface area contributed by atoms with Gasteiger partial charge < -0.3 is 15.0 Å². The standard InChI is InChI=1S/C20H18N4O2S2/c1-26-7-8-28(25)20-18(21)17-15(13-5-3-2-4-6-13)9-16(24-19(17)27-20)14-10-22-12-23-11-14/h2-6,9-12H,7-8,21H2,1H3/t28-/m0/s1. The smallest absolute Gasteiger partial charge is 0.232 e. The molecule has 4 rings (SSSR count). The molecule has 0 saturated carbocycles. The Morgan fingerprint density at radius 3 is 2.61 bits per heavy atom. The lowest BCUT2D eigenvalue weighted by molar-refractivity contribution is 0.217. The highest BCUT2D eigenvalue weighted by atomic mass is 32.2. The molecule has 3 heterocycles. The van der Waals surface area contributed by atoms with Crippen LogP contribution in [0.15, 0.2) is 59.3 Å². The van der Waals surface area contributed by atoms with Gasteiger partial charge in [0, 0.05) is 41.6 Å². The van der Waals surface area contributed by atoms with Crippen molar-refractivity contribution in [2.45, 2.75) is 4.21 Å². The summed E-state index contributed by atoms with van der Waals surface area (Å²) in [5.41, 5.74) is 10.5. The van der Waals surface area contributed by atoms with Crippen molar-refractivity contribution in [2.24, 2.45) is 0 Å². The third kappa shape index (κ3) is 3.59. The number of rotatable bonds is 6. The molecule has 1 atom stereocenters. The van der Waals surface area contributed by atoms with Crippen molar-refractivity contribution >= 4 is 38.4 Å². The van der Waals surface area contributed by atoms with Crippen molar-refractivity contribution in [3.63, 3.8) is 0 Å². The Morgan fingerprint density at radius 2 is 1.89 bits per heavy atom. The van der Waals surface area contributed by atoms with Crippen molar-refractivity contribution in [1.29, 1.82) is 0 Å². The first kappa shape index (κ1) is 18.8. The van der Waals surface area contributed by atoms with Gasteiger partial charge in [0.05, 0.1) is 12.3 Å². The van der Waals surface area contributed by atoms with E-state index >= 15 is 0 Å². The minimum absolute atomic E-state index is 0.396. The molecule has 3 aromatic heterocycles. The minimum atomic E-state index is -1.24. The van der Waals surface area contributed by atoms with Crippen molar-refractivity contribution in [2.75, 3.05) is 25.2 Å². The van der Waals surface area contributed by atoms with Gasteiger partial charge in [0.1, 0.15) is 22.6 Å². The number of ether oxygens (including phenoxy) is 1. The van der Waals surface area contributed by atoms with E-state index in [0.29, 0.717) is 22.3 Å². The Balaban J connectivity index is 1.94. The molecule has 0 fully saturated rings. The predicted molar refractivity (Wildman–Crippen MR) is 114 cm³/mol. The van der Waals surface area contributed by atoms with Gasteiger partial charge in [-0.05, 0) is 17.2 Å². The van der Waals surface area contributed by atoms with Crippen molar-refractivity contribution < 1.29 is 9.29 Å². The minimum Gasteiger partial charge on any atom is -0.611 e. The highest BCUT2D eigenvalue weighted by molar-refractivity contribution is 7.93. The van der Waals surface area contributed by atoms with E-state index in [-0.39, 0.29) is 0 Å². The number of aromatic nitrogens is 3. The van der Waals surface area contributed by atoms with Crippen LogP contribution in [-0.2, 0) is 15.9 Å². The van der Waals surface area contributed by atoms with Crippen LogP contribution in [0.5, 0.6) is 0 Å². The molecule has 0 unspecified atom stereocenters. The van der Waals surface area contributed by atoms with Crippen LogP contribution in [0.25, 0.3) is 32.6 Å². The molecule has 6 nitrogen and oxygen atoms in total. The molecule has 28 heavy (non-hydrogen) atoms. The van der Waals surface area contributed by atoms with Crippen LogP contribution in [0, 0.1) is 0 Å². The average Bonchev–Trinajstić information content (AvgIpc) is 3.09. The maximum absolute atomic E-state index is 12.7. The maximum atomic E-state index is 12.7. The number of hydrogen-bond acceptors (Lipinski definition) is 7. The number of benzene rings is 1. The maximum Gasteiger partial charge on any atom is 0.232 e. The molecule has 0 bridgehead atoms. The summed E-state index contributed by atoms with van der Waals surface area (Å²) in [6, 6.07) is 12.0. The molecule has 0 aliphatic carbocycles. The number of nitrogen functional groups attached to an aromatic ring is 1. The Kier molecular flexibility index (Phi) is 5.54. The molecule has 142 valence electrons. The number of thiophene rings is 1. The van der Waals surface area contributed by atoms with Gasteiger partial charge in [-0.1, -0.05) is 41.7 Å². The van der Waals surface area contributed by atoms with E-state index in [1.165, 1.54) is 17.7 Å². The fraction of sp³-hybridized carbons (Fsp3) is 0.150. The molecule has 1 aromatic carbocycles. The topological polar surface area (TPSA) is 97.0 Å². The van der Waals surface area contributed by atoms with Crippen LogP contribution in [0.1, 0.15) is 0 Å². The van der Waals surface area contributed by atoms with Crippen LogP contribution in [-0.4, -0.2) is 39.0 Å². The highest BCUT2D eigenvalue weighted by Gasteiger charge is 2.24. The molecule has 0 aliphatic heterocycles. The fourth-order valence-electron chi connectivity index (χ4n) is 2.95. The fourth-order valence-corrected chi connectivity index (χ4v) is 5.51. The molecule has 0 aliphatic rings. The summed E-state index contributed by atoms with van der Waals surface area (Å²) >= 11 is 0.128. The second-order valence-corrected chi connectivity index (χ2v) is 8.84. The van der Waals surface area contributed by atoms with E-state index < -0.39 is 11.2 Å². The van der Waals surface area contributed by atoms with E-state index in [0.717, 1.165) is 32.6 Å². The molecule has 0 radical (unpaired) electrons. The highest BCUT2D eigenvalue weighted by Crippen LogP contribution is 2.43. The van der Waals surface area contributed by atoms with Crippen LogP contribution in [0.2, 0.25) is 0 Å². The Hall–Kier alpha value is -2.52. The van der Waals surface area contributed by atoms with Crippen LogP contribution in [0.3, 0.4) is 0 Å². The normalized spacial score (nSPS) is 12.4. The third-order valence-electron chi connectivity index (χ3n) is 4.29. The van der Waals surface area contributed by atoms with Crippen molar-refractivity contribution in [1.82, 2.24) is 15.0 Å². The van der Waals surface area contributed by atoms with Gasteiger partial charge in [0.2, 0.25) is 4.21 Å². The second-order valence-electron chi connectivity index (χ2n) is 6.07. The summed E-state index contributed by atoms with van der Waals surface area (Å²) < 4.78 is 18.4. The van der Waals surface area contributed by atoms with Crippen molar-refractivity contribution in [3.05, 3.63) is 55.1 Å². The molecule has 0 spiro atoms. The first-order valence-corrected chi connectivity index (χ1v) is 10.7. The van der Waals surface area contributed by atoms with E-state index in [4.69, 9.17) is 15.5 Å². The number of anilines is 1. The average molecular weight is 411 g/mol. The van der Waals surface area contributed by atoms with Gasteiger partial charge in [-0.3, -0.25) is 0 Å². The number of hydrogen-bond donors (Lipinski definition) is 1. The van der Waals surface area contributed by atoms with Crippen LogP contribution < -0.4 is 5.73 Å². The van der Waals surface area contributed by atoms with Gasteiger partial charge in [-0.15, -0.1) is 0 Å². The summed E-state index contributed by atoms with van der Waals surface area (Å²) in [4.78, 5) is 13.7. The predicted octanol–water partition coefficient (Wildman–Crippen LogP) is 3.76. The Labute approximate surface area is 169 Å². The summed E-state index contributed by atoms with van der Waals surface area (Å²) in [5.74, 6) is 0.396. The van der Waals surface area contributed by atoms with E-state index in [2.05, 4.69) is 9.97 Å². The van der Waals surface area contributed by atoms with Gasteiger partial charge in [-0.25, -0.2) is 15.0 Å². The molecular formula is C20H18N4O2S2. The second kappa shape index (κ2) is 8.24. The quantitative estimate of drug-likeness (QED) is 0.486. The van der Waals surface area contributed by atoms with Gasteiger partial charge in [0.25, 0.3) is 0 Å². The van der Waals surface area contributed by atoms with Gasteiger partial charge in [0.15, 0.2) is 0 Å². The summed E-state index contributed by atoms with van der Waals surface area (Å²) in [6.45, 7) is 0.409. The number of methoxy groups -OCH3 is 1. The molecule has 0 amide bonds. The molecule has 2 N–H and O–H groups in total. The zero-order valence-corrected chi connectivity index (χ0v) is 16.8. The monoisotopic (exact) mass is 410 g/mol. The lowest BCUT2D eigenvalue weighted by atomic mass is 10.0. The molecule has 0 saturated heterocycles. The third-order valence-corrected chi connectivity index (χ3v) is 7.16. The SMILES string of the molecule is COCC[S@+]([O-])c1sc2nc(-c3cncnc3)cc(-c3ccccc3)c2c1N. The lowest BCUT2D eigenvalue weighted by Crippen LogP contribution is -2.11. The largest absolute Gasteiger partial charge is 0.611 e. The Morgan fingerprint density at radius 1 is 1.14 bits per heavy atom.